The number of aryl methyl sites for hydroxylation is 2. The van der Waals surface area contributed by atoms with Crippen molar-refractivity contribution in [1.82, 2.24) is 4.98 Å². The van der Waals surface area contributed by atoms with Crippen LogP contribution < -0.4 is 0 Å². The van der Waals surface area contributed by atoms with Gasteiger partial charge in [0.25, 0.3) is 0 Å². The number of pyridine rings is 1. The van der Waals surface area contributed by atoms with E-state index in [1.54, 1.807) is 0 Å². The Morgan fingerprint density at radius 1 is 1.13 bits per heavy atom. The molecule has 0 aliphatic heterocycles. The summed E-state index contributed by atoms with van der Waals surface area (Å²) in [5.74, 6) is 0.588. The maximum Gasteiger partial charge on any atom is 0.155 e. The van der Waals surface area contributed by atoms with Crippen molar-refractivity contribution >= 4 is 16.7 Å². The molecule has 0 atom stereocenters. The van der Waals surface area contributed by atoms with Crippen molar-refractivity contribution in [3.63, 3.8) is 0 Å². The van der Waals surface area contributed by atoms with E-state index < -0.39 is 0 Å². The van der Waals surface area contributed by atoms with Crippen molar-refractivity contribution < 1.29 is 30.0 Å². The second kappa shape index (κ2) is 11.8. The third-order valence-electron chi connectivity index (χ3n) is 4.29. The van der Waals surface area contributed by atoms with Crippen molar-refractivity contribution in [2.24, 2.45) is 5.92 Å². The van der Waals surface area contributed by atoms with E-state index in [0.29, 0.717) is 5.92 Å². The van der Waals surface area contributed by atoms with Crippen LogP contribution in [-0.4, -0.2) is 15.9 Å². The Hall–Kier alpha value is -2.29. The molecule has 30 heavy (non-hydrogen) atoms. The number of aliphatic hydroxyl groups excluding tert-OH is 1. The maximum absolute atomic E-state index is 10.0. The van der Waals surface area contributed by atoms with Gasteiger partial charge >= 0.3 is 0 Å². The standard InChI is InChI=1S/C21H22N.C5H8O2.Ir/c1-14(2)10-17-6-5-7-21-19(17)8-9-20(22-21)18-12-15(3)11-16(4)13-18;1-4(6)3-5(2)7;/h5-9,11-12,14H,10H2,1-4H3;3,6H,1-2H3;/q-1;;. The van der Waals surface area contributed by atoms with Crippen LogP contribution in [0.3, 0.4) is 0 Å². The first-order chi connectivity index (χ1) is 13.7. The van der Waals surface area contributed by atoms with Gasteiger partial charge in [0.2, 0.25) is 0 Å². The van der Waals surface area contributed by atoms with Crippen LogP contribution in [0.2, 0.25) is 0 Å². The second-order valence-corrected chi connectivity index (χ2v) is 7.93. The first-order valence-electron chi connectivity index (χ1n) is 9.93. The number of nitrogens with zero attached hydrogens (tertiary/aromatic N) is 1. The summed E-state index contributed by atoms with van der Waals surface area (Å²) in [5.41, 5.74) is 6.95. The van der Waals surface area contributed by atoms with Gasteiger partial charge in [-0.05, 0) is 43.5 Å². The van der Waals surface area contributed by atoms with Gasteiger partial charge in [-0.15, -0.1) is 34.9 Å². The number of carbonyl (C=O) groups is 1. The quantitative estimate of drug-likeness (QED) is 0.216. The zero-order valence-electron chi connectivity index (χ0n) is 18.5. The summed E-state index contributed by atoms with van der Waals surface area (Å²) < 4.78 is 0. The van der Waals surface area contributed by atoms with Crippen LogP contribution in [0.1, 0.15) is 44.4 Å². The van der Waals surface area contributed by atoms with Crippen molar-refractivity contribution in [2.45, 2.75) is 48.0 Å². The van der Waals surface area contributed by atoms with E-state index in [-0.39, 0.29) is 31.6 Å². The molecule has 0 fully saturated rings. The van der Waals surface area contributed by atoms with E-state index in [4.69, 9.17) is 10.1 Å². The van der Waals surface area contributed by atoms with Crippen molar-refractivity contribution in [3.8, 4) is 11.3 Å². The molecule has 0 bridgehead atoms. The summed E-state index contributed by atoms with van der Waals surface area (Å²) in [6, 6.07) is 18.5. The van der Waals surface area contributed by atoms with Crippen LogP contribution in [0.5, 0.6) is 0 Å². The van der Waals surface area contributed by atoms with Gasteiger partial charge in [-0.3, -0.25) is 9.78 Å². The second-order valence-electron chi connectivity index (χ2n) is 7.93. The summed E-state index contributed by atoms with van der Waals surface area (Å²) in [4.78, 5) is 14.9. The van der Waals surface area contributed by atoms with Gasteiger partial charge in [0.1, 0.15) is 0 Å². The Kier molecular flexibility index (Phi) is 10.1. The smallest absolute Gasteiger partial charge is 0.155 e. The van der Waals surface area contributed by atoms with Crippen LogP contribution in [0.15, 0.2) is 54.3 Å². The van der Waals surface area contributed by atoms with E-state index in [9.17, 15) is 4.79 Å². The Morgan fingerprint density at radius 2 is 1.83 bits per heavy atom. The number of aromatic nitrogens is 1. The molecule has 2 aromatic carbocycles. The molecule has 3 aromatic rings. The summed E-state index contributed by atoms with van der Waals surface area (Å²) in [5, 5.41) is 9.63. The van der Waals surface area contributed by atoms with E-state index >= 15 is 0 Å². The van der Waals surface area contributed by atoms with Gasteiger partial charge in [0.15, 0.2) is 5.78 Å². The zero-order chi connectivity index (χ0) is 21.6. The topological polar surface area (TPSA) is 50.2 Å². The molecule has 0 unspecified atom stereocenters. The predicted molar refractivity (Wildman–Crippen MR) is 121 cm³/mol. The molecule has 4 heteroatoms. The zero-order valence-corrected chi connectivity index (χ0v) is 20.9. The number of allylic oxidation sites excluding steroid dienone is 2. The van der Waals surface area contributed by atoms with E-state index in [2.05, 4.69) is 76.2 Å². The SMILES string of the molecule is CC(=O)C=C(C)O.Cc1[c-]c(-c2ccc3c(CC(C)C)cccc3n2)cc(C)c1.[Ir]. The Morgan fingerprint density at radius 3 is 2.37 bits per heavy atom. The first kappa shape index (κ1) is 25.7. The minimum atomic E-state index is -0.125. The van der Waals surface area contributed by atoms with Crippen molar-refractivity contribution in [1.29, 1.82) is 0 Å². The van der Waals surface area contributed by atoms with Crippen LogP contribution in [0.4, 0.5) is 0 Å². The molecule has 0 spiro atoms. The number of benzene rings is 2. The molecule has 0 saturated heterocycles. The Bertz CT molecular complexity index is 1010. The monoisotopic (exact) mass is 581 g/mol. The van der Waals surface area contributed by atoms with Crippen LogP contribution in [-0.2, 0) is 31.3 Å². The Balaban J connectivity index is 0.000000489. The molecule has 0 amide bonds. The minimum Gasteiger partial charge on any atom is -0.512 e. The maximum atomic E-state index is 10.0. The number of carbonyl (C=O) groups excluding carboxylic acids is 1. The van der Waals surface area contributed by atoms with E-state index in [1.165, 1.54) is 36.4 Å². The van der Waals surface area contributed by atoms with Crippen LogP contribution >= 0.6 is 0 Å². The normalized spacial score (nSPS) is 11.0. The fraction of sp³-hybridized carbons (Fsp3) is 0.308. The molecule has 3 rings (SSSR count). The number of rotatable bonds is 4. The number of fused-ring (bicyclic) bond motifs is 1. The predicted octanol–water partition coefficient (Wildman–Crippen LogP) is 6.55. The first-order valence-corrected chi connectivity index (χ1v) is 9.93. The molecule has 0 saturated carbocycles. The summed E-state index contributed by atoms with van der Waals surface area (Å²) in [6.45, 7) is 11.6. The number of hydrogen-bond acceptors (Lipinski definition) is 3. The molecule has 1 radical (unpaired) electrons. The van der Waals surface area contributed by atoms with Crippen molar-refractivity contribution in [3.05, 3.63) is 77.1 Å². The molecule has 1 N–H and O–H groups in total. The van der Waals surface area contributed by atoms with E-state index in [1.807, 2.05) is 0 Å². The number of hydrogen-bond donors (Lipinski definition) is 1. The molecule has 0 aliphatic rings. The fourth-order valence-electron chi connectivity index (χ4n) is 3.31. The molecule has 1 heterocycles. The van der Waals surface area contributed by atoms with Crippen molar-refractivity contribution in [2.75, 3.05) is 0 Å². The average Bonchev–Trinajstić information content (AvgIpc) is 2.59. The molecule has 0 aliphatic carbocycles. The summed E-state index contributed by atoms with van der Waals surface area (Å²) in [6.07, 6.45) is 2.26. The van der Waals surface area contributed by atoms with Gasteiger partial charge < -0.3 is 5.11 Å². The average molecular weight is 581 g/mol. The number of aliphatic hydroxyl groups is 1. The number of ketones is 1. The molecule has 161 valence electrons. The molecule has 1 aromatic heterocycles. The molecular weight excluding hydrogens is 551 g/mol. The van der Waals surface area contributed by atoms with Crippen LogP contribution in [0.25, 0.3) is 22.2 Å². The van der Waals surface area contributed by atoms with Gasteiger partial charge in [-0.1, -0.05) is 52.0 Å². The van der Waals surface area contributed by atoms with Gasteiger partial charge in [-0.2, -0.15) is 0 Å². The van der Waals surface area contributed by atoms with Gasteiger partial charge in [0.05, 0.1) is 11.3 Å². The van der Waals surface area contributed by atoms with Gasteiger partial charge in [-0.25, -0.2) is 0 Å². The van der Waals surface area contributed by atoms with E-state index in [0.717, 1.165) is 28.8 Å². The Labute approximate surface area is 193 Å². The third kappa shape index (κ3) is 7.85. The largest absolute Gasteiger partial charge is 0.512 e. The van der Waals surface area contributed by atoms with Gasteiger partial charge in [0, 0.05) is 31.6 Å². The molecular formula is C26H30IrNO2-. The molecule has 3 nitrogen and oxygen atoms in total. The summed E-state index contributed by atoms with van der Waals surface area (Å²) in [7, 11) is 0. The summed E-state index contributed by atoms with van der Waals surface area (Å²) >= 11 is 0. The fourth-order valence-corrected chi connectivity index (χ4v) is 3.31. The van der Waals surface area contributed by atoms with Crippen LogP contribution in [0, 0.1) is 25.8 Å². The minimum absolute atomic E-state index is 0. The third-order valence-corrected chi connectivity index (χ3v) is 4.29.